The van der Waals surface area contributed by atoms with E-state index >= 15 is 0 Å². The summed E-state index contributed by atoms with van der Waals surface area (Å²) in [6, 6.07) is 12.4. The molecule has 0 saturated carbocycles. The molecule has 0 aliphatic carbocycles. The van der Waals surface area contributed by atoms with Gasteiger partial charge in [-0.1, -0.05) is 43.1 Å². The fourth-order valence-corrected chi connectivity index (χ4v) is 2.63. The van der Waals surface area contributed by atoms with Gasteiger partial charge < -0.3 is 14.8 Å². The fraction of sp³-hybridized carbons (Fsp3) is 0.429. The van der Waals surface area contributed by atoms with Crippen LogP contribution in [0.5, 0.6) is 5.75 Å². The van der Waals surface area contributed by atoms with Crippen LogP contribution < -0.4 is 10.1 Å². The summed E-state index contributed by atoms with van der Waals surface area (Å²) >= 11 is 6.00. The van der Waals surface area contributed by atoms with Crippen molar-refractivity contribution in [3.05, 3.63) is 64.4 Å². The molecule has 2 aromatic rings. The van der Waals surface area contributed by atoms with E-state index in [4.69, 9.17) is 21.1 Å². The summed E-state index contributed by atoms with van der Waals surface area (Å²) in [5.41, 5.74) is 1.55. The second-order valence-electron chi connectivity index (χ2n) is 6.13. The maximum Gasteiger partial charge on any atom is 0.131 e. The predicted molar refractivity (Wildman–Crippen MR) is 104 cm³/mol. The summed E-state index contributed by atoms with van der Waals surface area (Å²) < 4.78 is 24.9. The number of benzene rings is 2. The van der Waals surface area contributed by atoms with E-state index in [0.717, 1.165) is 39.1 Å². The average molecular weight is 380 g/mol. The Morgan fingerprint density at radius 3 is 2.54 bits per heavy atom. The number of ether oxygens (including phenoxy) is 2. The second-order valence-corrected chi connectivity index (χ2v) is 6.54. The van der Waals surface area contributed by atoms with Crippen LogP contribution in [0.2, 0.25) is 5.02 Å². The molecule has 142 valence electrons. The van der Waals surface area contributed by atoms with Gasteiger partial charge in [0.15, 0.2) is 0 Å². The third kappa shape index (κ3) is 7.32. The zero-order valence-corrected chi connectivity index (χ0v) is 16.0. The van der Waals surface area contributed by atoms with Gasteiger partial charge in [-0.2, -0.15) is 0 Å². The first kappa shape index (κ1) is 20.7. The Balaban J connectivity index is 1.66. The molecule has 0 radical (unpaired) electrons. The molecule has 0 heterocycles. The maximum absolute atomic E-state index is 13.7. The quantitative estimate of drug-likeness (QED) is 0.504. The summed E-state index contributed by atoms with van der Waals surface area (Å²) in [5, 5.41) is 3.78. The molecule has 0 amide bonds. The topological polar surface area (TPSA) is 30.5 Å². The molecule has 0 aliphatic heterocycles. The van der Waals surface area contributed by atoms with E-state index in [-0.39, 0.29) is 12.4 Å². The first-order valence-electron chi connectivity index (χ1n) is 9.13. The van der Waals surface area contributed by atoms with E-state index < -0.39 is 0 Å². The summed E-state index contributed by atoms with van der Waals surface area (Å²) in [7, 11) is 0. The monoisotopic (exact) mass is 379 g/mol. The summed E-state index contributed by atoms with van der Waals surface area (Å²) in [4.78, 5) is 0. The summed E-state index contributed by atoms with van der Waals surface area (Å²) in [6.07, 6.45) is 3.31. The number of rotatable bonds is 12. The summed E-state index contributed by atoms with van der Waals surface area (Å²) in [5.74, 6) is 0.342. The Bertz CT molecular complexity index is 629. The van der Waals surface area contributed by atoms with E-state index in [0.29, 0.717) is 16.3 Å². The predicted octanol–water partition coefficient (Wildman–Crippen LogP) is 5.35. The smallest absolute Gasteiger partial charge is 0.131 e. The van der Waals surface area contributed by atoms with Gasteiger partial charge >= 0.3 is 0 Å². The van der Waals surface area contributed by atoms with Gasteiger partial charge in [0.1, 0.15) is 18.2 Å². The van der Waals surface area contributed by atoms with Crippen molar-refractivity contribution < 1.29 is 13.9 Å². The van der Waals surface area contributed by atoms with Gasteiger partial charge in [-0.25, -0.2) is 4.39 Å². The van der Waals surface area contributed by atoms with E-state index in [1.165, 1.54) is 18.1 Å². The molecule has 1 N–H and O–H groups in total. The van der Waals surface area contributed by atoms with Crippen molar-refractivity contribution >= 4 is 11.6 Å². The van der Waals surface area contributed by atoms with Gasteiger partial charge in [-0.15, -0.1) is 0 Å². The molecule has 2 aromatic carbocycles. The molecule has 5 heteroatoms. The van der Waals surface area contributed by atoms with Crippen LogP contribution in [0.3, 0.4) is 0 Å². The largest absolute Gasteiger partial charge is 0.489 e. The average Bonchev–Trinajstić information content (AvgIpc) is 2.64. The van der Waals surface area contributed by atoms with Crippen molar-refractivity contribution in [1.29, 1.82) is 0 Å². The first-order valence-corrected chi connectivity index (χ1v) is 9.51. The number of unbranched alkanes of at least 4 members (excludes halogenated alkanes) is 1. The minimum Gasteiger partial charge on any atom is -0.489 e. The van der Waals surface area contributed by atoms with Crippen LogP contribution in [0.1, 0.15) is 37.3 Å². The Labute approximate surface area is 160 Å². The minimum absolute atomic E-state index is 0.112. The lowest BCUT2D eigenvalue weighted by atomic mass is 10.2. The number of nitrogens with one attached hydrogen (secondary N) is 1. The highest BCUT2D eigenvalue weighted by Gasteiger charge is 2.07. The van der Waals surface area contributed by atoms with Crippen LogP contribution in [0.15, 0.2) is 42.5 Å². The molecule has 0 atom stereocenters. The van der Waals surface area contributed by atoms with E-state index in [1.54, 1.807) is 12.1 Å². The number of halogens is 2. The van der Waals surface area contributed by atoms with Crippen molar-refractivity contribution in [2.75, 3.05) is 19.8 Å². The number of hydrogen-bond donors (Lipinski definition) is 1. The molecule has 0 unspecified atom stereocenters. The van der Waals surface area contributed by atoms with Crippen molar-refractivity contribution in [3.8, 4) is 5.75 Å². The lowest BCUT2D eigenvalue weighted by Gasteiger charge is -2.10. The second kappa shape index (κ2) is 11.9. The van der Waals surface area contributed by atoms with Crippen LogP contribution in [-0.4, -0.2) is 19.8 Å². The highest BCUT2D eigenvalue weighted by Crippen LogP contribution is 2.21. The van der Waals surface area contributed by atoms with E-state index in [1.807, 2.05) is 24.3 Å². The standard InChI is InChI=1S/C21H27ClFNO2/c1-2-3-13-25-14-5-12-24-15-17-8-10-18(11-9-17)26-16-19-20(22)6-4-7-21(19)23/h4,6-11,24H,2-3,5,12-16H2,1H3. The lowest BCUT2D eigenvalue weighted by Crippen LogP contribution is -2.16. The maximum atomic E-state index is 13.7. The number of hydrogen-bond acceptors (Lipinski definition) is 3. The van der Waals surface area contributed by atoms with Gasteiger partial charge in [-0.05, 0) is 49.2 Å². The van der Waals surface area contributed by atoms with Gasteiger partial charge in [0.25, 0.3) is 0 Å². The van der Waals surface area contributed by atoms with Crippen LogP contribution in [0.4, 0.5) is 4.39 Å². The van der Waals surface area contributed by atoms with Crippen LogP contribution in [0, 0.1) is 5.82 Å². The van der Waals surface area contributed by atoms with Crippen LogP contribution in [-0.2, 0) is 17.9 Å². The molecular formula is C21H27ClFNO2. The molecule has 0 spiro atoms. The first-order chi connectivity index (χ1) is 12.7. The third-order valence-electron chi connectivity index (χ3n) is 3.98. The van der Waals surface area contributed by atoms with Crippen molar-refractivity contribution in [1.82, 2.24) is 5.32 Å². The van der Waals surface area contributed by atoms with Gasteiger partial charge in [0.05, 0.1) is 5.02 Å². The Kier molecular flexibility index (Phi) is 9.46. The Morgan fingerprint density at radius 1 is 1.04 bits per heavy atom. The van der Waals surface area contributed by atoms with Crippen molar-refractivity contribution in [2.24, 2.45) is 0 Å². The molecule has 0 fully saturated rings. The normalized spacial score (nSPS) is 10.9. The Hall–Kier alpha value is -1.62. The molecule has 26 heavy (non-hydrogen) atoms. The molecule has 3 nitrogen and oxygen atoms in total. The van der Waals surface area contributed by atoms with Crippen molar-refractivity contribution in [3.63, 3.8) is 0 Å². The molecule has 0 aromatic heterocycles. The summed E-state index contributed by atoms with van der Waals surface area (Å²) in [6.45, 7) is 5.66. The molecule has 2 rings (SSSR count). The lowest BCUT2D eigenvalue weighted by molar-refractivity contribution is 0.129. The Morgan fingerprint density at radius 2 is 1.81 bits per heavy atom. The minimum atomic E-state index is -0.350. The zero-order valence-electron chi connectivity index (χ0n) is 15.3. The van der Waals surface area contributed by atoms with E-state index in [9.17, 15) is 4.39 Å². The zero-order chi connectivity index (χ0) is 18.6. The fourth-order valence-electron chi connectivity index (χ4n) is 2.41. The van der Waals surface area contributed by atoms with Crippen LogP contribution in [0.25, 0.3) is 0 Å². The van der Waals surface area contributed by atoms with E-state index in [2.05, 4.69) is 12.2 Å². The molecule has 0 saturated heterocycles. The van der Waals surface area contributed by atoms with Gasteiger partial charge in [-0.3, -0.25) is 0 Å². The third-order valence-corrected chi connectivity index (χ3v) is 4.34. The SMILES string of the molecule is CCCCOCCCNCc1ccc(OCc2c(F)cccc2Cl)cc1. The van der Waals surface area contributed by atoms with Crippen LogP contribution >= 0.6 is 11.6 Å². The van der Waals surface area contributed by atoms with Gasteiger partial charge in [0, 0.05) is 25.3 Å². The molecule has 0 aliphatic rings. The molecule has 0 bridgehead atoms. The highest BCUT2D eigenvalue weighted by atomic mass is 35.5. The molecular weight excluding hydrogens is 353 g/mol. The highest BCUT2D eigenvalue weighted by molar-refractivity contribution is 6.31. The van der Waals surface area contributed by atoms with Gasteiger partial charge in [0.2, 0.25) is 0 Å². The van der Waals surface area contributed by atoms with Crippen molar-refractivity contribution in [2.45, 2.75) is 39.3 Å².